The van der Waals surface area contributed by atoms with Gasteiger partial charge in [-0.05, 0) is 81.0 Å². The summed E-state index contributed by atoms with van der Waals surface area (Å²) >= 11 is 0. The third-order valence-corrected chi connectivity index (χ3v) is 6.49. The van der Waals surface area contributed by atoms with Crippen molar-refractivity contribution >= 4 is 23.2 Å². The molecule has 204 valence electrons. The molecule has 2 atom stereocenters. The Balaban J connectivity index is 1.65. The summed E-state index contributed by atoms with van der Waals surface area (Å²) in [5.41, 5.74) is 12.3. The fourth-order valence-corrected chi connectivity index (χ4v) is 4.70. The number of rotatable bonds is 13. The minimum atomic E-state index is -0.171. The summed E-state index contributed by atoms with van der Waals surface area (Å²) in [6, 6.07) is 11.6. The number of ether oxygens (including phenoxy) is 1. The maximum Gasteiger partial charge on any atom is 0.255 e. The maximum absolute atomic E-state index is 12.9. The predicted molar refractivity (Wildman–Crippen MR) is 155 cm³/mol. The Hall–Kier alpha value is -3.65. The van der Waals surface area contributed by atoms with Gasteiger partial charge in [-0.1, -0.05) is 26.3 Å². The van der Waals surface area contributed by atoms with Gasteiger partial charge in [0, 0.05) is 42.3 Å². The lowest BCUT2D eigenvalue weighted by atomic mass is 10.0. The van der Waals surface area contributed by atoms with Gasteiger partial charge >= 0.3 is 0 Å². The minimum Gasteiger partial charge on any atom is -0.496 e. The molecule has 0 unspecified atom stereocenters. The fourth-order valence-electron chi connectivity index (χ4n) is 4.70. The number of nitrogens with two attached hydrogens (primary N) is 1. The zero-order valence-electron chi connectivity index (χ0n) is 23.5. The van der Waals surface area contributed by atoms with E-state index >= 15 is 0 Å². The zero-order valence-corrected chi connectivity index (χ0v) is 23.5. The fraction of sp³-hybridized carbons (Fsp3) is 0.433. The van der Waals surface area contributed by atoms with Crippen LogP contribution in [0, 0.1) is 13.8 Å². The van der Waals surface area contributed by atoms with Crippen molar-refractivity contribution in [2.75, 3.05) is 18.2 Å². The van der Waals surface area contributed by atoms with Crippen molar-refractivity contribution in [3.05, 3.63) is 70.5 Å². The van der Waals surface area contributed by atoms with Crippen LogP contribution in [0.3, 0.4) is 0 Å². The molecule has 38 heavy (non-hydrogen) atoms. The number of hydrogen-bond acceptors (Lipinski definition) is 7. The second kappa shape index (κ2) is 13.8. The molecule has 0 bridgehead atoms. The first-order chi connectivity index (χ1) is 18.2. The number of nitrogens with one attached hydrogen (secondary N) is 3. The smallest absolute Gasteiger partial charge is 0.255 e. The average Bonchev–Trinajstić information content (AvgIpc) is 2.86. The minimum absolute atomic E-state index is 0.0355. The van der Waals surface area contributed by atoms with Gasteiger partial charge in [-0.15, -0.1) is 0 Å². The number of benzene rings is 2. The quantitative estimate of drug-likeness (QED) is 0.222. The number of aryl methyl sites for hydroxylation is 3. The number of carbonyl (C=O) groups excluding carboxylic acids is 1. The van der Waals surface area contributed by atoms with E-state index in [4.69, 9.17) is 15.5 Å². The van der Waals surface area contributed by atoms with E-state index in [1.165, 1.54) is 18.2 Å². The lowest BCUT2D eigenvalue weighted by Crippen LogP contribution is -2.39. The highest BCUT2D eigenvalue weighted by molar-refractivity contribution is 5.97. The van der Waals surface area contributed by atoms with Crippen molar-refractivity contribution in [3.8, 4) is 5.75 Å². The summed E-state index contributed by atoms with van der Waals surface area (Å²) in [6.07, 6.45) is 5.58. The van der Waals surface area contributed by atoms with Gasteiger partial charge in [-0.3, -0.25) is 4.79 Å². The number of nitrogen functional groups attached to an aromatic ring is 1. The first-order valence-corrected chi connectivity index (χ1v) is 13.4. The number of nitrogens with zero attached hydrogens (tertiary/aromatic N) is 2. The van der Waals surface area contributed by atoms with Crippen LogP contribution in [0.1, 0.15) is 72.8 Å². The molecule has 1 heterocycles. The molecule has 0 saturated heterocycles. The molecule has 3 rings (SSSR count). The zero-order chi connectivity index (χ0) is 27.7. The lowest BCUT2D eigenvalue weighted by Gasteiger charge is -2.23. The Morgan fingerprint density at radius 2 is 1.84 bits per heavy atom. The molecule has 2 aromatic carbocycles. The van der Waals surface area contributed by atoms with E-state index in [9.17, 15) is 4.79 Å². The van der Waals surface area contributed by atoms with Crippen LogP contribution in [-0.4, -0.2) is 35.1 Å². The van der Waals surface area contributed by atoms with Gasteiger partial charge in [0.15, 0.2) is 0 Å². The molecule has 8 nitrogen and oxygen atoms in total. The Morgan fingerprint density at radius 1 is 1.11 bits per heavy atom. The van der Waals surface area contributed by atoms with Crippen LogP contribution in [0.5, 0.6) is 5.75 Å². The number of aromatic nitrogens is 2. The molecule has 5 N–H and O–H groups in total. The van der Waals surface area contributed by atoms with Crippen molar-refractivity contribution < 1.29 is 9.53 Å². The highest BCUT2D eigenvalue weighted by Gasteiger charge is 2.18. The molecule has 1 aromatic heterocycles. The van der Waals surface area contributed by atoms with Crippen molar-refractivity contribution in [3.63, 3.8) is 0 Å². The van der Waals surface area contributed by atoms with Gasteiger partial charge < -0.3 is 26.4 Å². The van der Waals surface area contributed by atoms with E-state index in [-0.39, 0.29) is 18.0 Å². The topological polar surface area (TPSA) is 114 Å². The summed E-state index contributed by atoms with van der Waals surface area (Å²) in [6.45, 7) is 11.1. The first kappa shape index (κ1) is 28.9. The number of amides is 1. The van der Waals surface area contributed by atoms with Crippen LogP contribution in [0.4, 0.5) is 17.3 Å². The van der Waals surface area contributed by atoms with Crippen LogP contribution in [0.25, 0.3) is 0 Å². The highest BCUT2D eigenvalue weighted by Crippen LogP contribution is 2.22. The number of hydrogen-bond donors (Lipinski definition) is 4. The Bertz CT molecular complexity index is 1210. The van der Waals surface area contributed by atoms with Crippen molar-refractivity contribution in [2.24, 2.45) is 0 Å². The molecule has 0 aliphatic heterocycles. The van der Waals surface area contributed by atoms with E-state index in [0.29, 0.717) is 29.5 Å². The second-order valence-corrected chi connectivity index (χ2v) is 9.96. The molecule has 3 aromatic rings. The standard InChI is InChI=1S/C30H42N6O2/c1-7-9-24(15-21(5)34-29(37)26-11-10-23(31)16-28(26)38-6)32-18-27-22(8-2)17-33-30(36-27)35-25-13-19(3)12-20(4)14-25/h10-14,16-17,21,24,32H,7-9,15,18,31H2,1-6H3,(H,34,37)(H,33,35,36)/t21-,24-/m1/s1. The van der Waals surface area contributed by atoms with E-state index in [2.05, 4.69) is 66.8 Å². The molecule has 0 saturated carbocycles. The van der Waals surface area contributed by atoms with Crippen LogP contribution in [-0.2, 0) is 13.0 Å². The highest BCUT2D eigenvalue weighted by atomic mass is 16.5. The molecule has 0 fully saturated rings. The number of carbonyl (C=O) groups is 1. The predicted octanol–water partition coefficient (Wildman–Crippen LogP) is 5.46. The van der Waals surface area contributed by atoms with Crippen LogP contribution in [0.15, 0.2) is 42.6 Å². The average molecular weight is 519 g/mol. The molecule has 0 aliphatic carbocycles. The van der Waals surface area contributed by atoms with Gasteiger partial charge in [0.05, 0.1) is 18.4 Å². The Kier molecular flexibility index (Phi) is 10.5. The van der Waals surface area contributed by atoms with Crippen LogP contribution < -0.4 is 26.4 Å². The van der Waals surface area contributed by atoms with Crippen LogP contribution in [0.2, 0.25) is 0 Å². The van der Waals surface area contributed by atoms with Crippen molar-refractivity contribution in [1.82, 2.24) is 20.6 Å². The third-order valence-electron chi connectivity index (χ3n) is 6.49. The van der Waals surface area contributed by atoms with Gasteiger partial charge in [0.1, 0.15) is 5.75 Å². The van der Waals surface area contributed by atoms with Gasteiger partial charge in [-0.25, -0.2) is 9.97 Å². The third kappa shape index (κ3) is 8.18. The molecule has 0 aliphatic rings. The summed E-state index contributed by atoms with van der Waals surface area (Å²) in [5, 5.41) is 10.2. The van der Waals surface area contributed by atoms with Gasteiger partial charge in [-0.2, -0.15) is 0 Å². The van der Waals surface area contributed by atoms with Gasteiger partial charge in [0.2, 0.25) is 5.95 Å². The summed E-state index contributed by atoms with van der Waals surface area (Å²) in [5.74, 6) is 0.893. The molecule has 0 spiro atoms. The van der Waals surface area contributed by atoms with E-state index in [0.717, 1.165) is 42.6 Å². The number of methoxy groups -OCH3 is 1. The summed E-state index contributed by atoms with van der Waals surface area (Å²) in [4.78, 5) is 22.3. The Labute approximate surface area is 226 Å². The van der Waals surface area contributed by atoms with Crippen LogP contribution >= 0.6 is 0 Å². The van der Waals surface area contributed by atoms with Gasteiger partial charge in [0.25, 0.3) is 5.91 Å². The molecular formula is C30H42N6O2. The molecular weight excluding hydrogens is 476 g/mol. The monoisotopic (exact) mass is 518 g/mol. The largest absolute Gasteiger partial charge is 0.496 e. The second-order valence-electron chi connectivity index (χ2n) is 9.96. The maximum atomic E-state index is 12.9. The normalized spacial score (nSPS) is 12.6. The summed E-state index contributed by atoms with van der Waals surface area (Å²) in [7, 11) is 1.54. The Morgan fingerprint density at radius 3 is 2.50 bits per heavy atom. The molecule has 8 heteroatoms. The first-order valence-electron chi connectivity index (χ1n) is 13.4. The number of anilines is 3. The lowest BCUT2D eigenvalue weighted by molar-refractivity contribution is 0.0933. The van der Waals surface area contributed by atoms with E-state index < -0.39 is 0 Å². The SMILES string of the molecule is CCC[C@H](C[C@@H](C)NC(=O)c1ccc(N)cc1OC)NCc1nc(Nc2cc(C)cc(C)c2)ncc1CC. The van der Waals surface area contributed by atoms with Crippen molar-refractivity contribution in [2.45, 2.75) is 78.9 Å². The summed E-state index contributed by atoms with van der Waals surface area (Å²) < 4.78 is 5.35. The molecule has 1 amide bonds. The van der Waals surface area contributed by atoms with Crippen molar-refractivity contribution in [1.29, 1.82) is 0 Å². The van der Waals surface area contributed by atoms with E-state index in [1.807, 2.05) is 13.1 Å². The molecule has 0 radical (unpaired) electrons. The van der Waals surface area contributed by atoms with E-state index in [1.54, 1.807) is 18.2 Å².